The van der Waals surface area contributed by atoms with Crippen molar-refractivity contribution >= 4 is 39.1 Å². The van der Waals surface area contributed by atoms with Crippen molar-refractivity contribution in [2.45, 2.75) is 83.2 Å². The summed E-state index contributed by atoms with van der Waals surface area (Å²) in [7, 11) is 0. The number of ether oxygens (including phenoxy) is 1. The molecule has 2 aliphatic heterocycles. The van der Waals surface area contributed by atoms with E-state index in [4.69, 9.17) is 4.74 Å². The first-order valence-corrected chi connectivity index (χ1v) is 18.3. The lowest BCUT2D eigenvalue weighted by atomic mass is 9.81. The number of benzene rings is 2. The summed E-state index contributed by atoms with van der Waals surface area (Å²) >= 11 is 1.45. The topological polar surface area (TPSA) is 99.8 Å². The number of nitrogens with one attached hydrogen (secondary N) is 3. The molecular weight excluding hydrogens is 609 g/mol. The van der Waals surface area contributed by atoms with E-state index in [2.05, 4.69) is 33.8 Å². The SMILES string of the molecule is Cc1ccc2cc(C(=O)NC3(C(=O)N[C@H](Cc4ccccc4)C(=O)NCC4CCN(CC5(C)CCOCC5)CC4)CCCC3)sc2c1. The Kier molecular flexibility index (Phi) is 10.6. The summed E-state index contributed by atoms with van der Waals surface area (Å²) in [4.78, 5) is 44.5. The molecule has 0 radical (unpaired) electrons. The molecule has 3 N–H and O–H groups in total. The van der Waals surface area contributed by atoms with Crippen molar-refractivity contribution in [1.29, 1.82) is 0 Å². The van der Waals surface area contributed by atoms with Crippen LogP contribution in [0.25, 0.3) is 10.1 Å². The fourth-order valence-corrected chi connectivity index (χ4v) is 8.61. The van der Waals surface area contributed by atoms with Crippen molar-refractivity contribution in [3.05, 3.63) is 70.6 Å². The first-order valence-electron chi connectivity index (χ1n) is 17.5. The second-order valence-corrected chi connectivity index (χ2v) is 15.6. The normalized spacial score (nSPS) is 20.5. The molecule has 1 aliphatic carbocycles. The molecule has 3 aromatic rings. The maximum atomic E-state index is 14.1. The number of thiophene rings is 1. The summed E-state index contributed by atoms with van der Waals surface area (Å²) in [5.74, 6) is -0.261. The van der Waals surface area contributed by atoms with Gasteiger partial charge >= 0.3 is 0 Å². The lowest BCUT2D eigenvalue weighted by Crippen LogP contribution is -2.61. The molecule has 0 spiro atoms. The molecule has 1 atom stereocenters. The van der Waals surface area contributed by atoms with Crippen LogP contribution in [-0.4, -0.2) is 73.6 Å². The highest BCUT2D eigenvalue weighted by atomic mass is 32.1. The number of nitrogens with zero attached hydrogens (tertiary/aromatic N) is 1. The molecule has 3 heterocycles. The first-order chi connectivity index (χ1) is 22.7. The highest BCUT2D eigenvalue weighted by Gasteiger charge is 2.44. The number of hydrogen-bond acceptors (Lipinski definition) is 6. The van der Waals surface area contributed by atoms with Gasteiger partial charge in [-0.25, -0.2) is 0 Å². The summed E-state index contributed by atoms with van der Waals surface area (Å²) in [6.07, 6.45) is 7.53. The lowest BCUT2D eigenvalue weighted by molar-refractivity contribution is -0.132. The number of aryl methyl sites for hydroxylation is 1. The van der Waals surface area contributed by atoms with Crippen molar-refractivity contribution in [2.24, 2.45) is 11.3 Å². The molecule has 2 saturated heterocycles. The van der Waals surface area contributed by atoms with Crippen LogP contribution in [0.3, 0.4) is 0 Å². The monoisotopic (exact) mass is 658 g/mol. The average Bonchev–Trinajstić information content (AvgIpc) is 3.72. The quantitative estimate of drug-likeness (QED) is 0.248. The zero-order chi connectivity index (χ0) is 32.9. The summed E-state index contributed by atoms with van der Waals surface area (Å²) in [6.45, 7) is 9.95. The van der Waals surface area contributed by atoms with Crippen molar-refractivity contribution in [3.8, 4) is 0 Å². The summed E-state index contributed by atoms with van der Waals surface area (Å²) < 4.78 is 6.64. The van der Waals surface area contributed by atoms with Gasteiger partial charge < -0.3 is 25.6 Å². The van der Waals surface area contributed by atoms with E-state index in [-0.39, 0.29) is 17.7 Å². The molecule has 3 fully saturated rings. The maximum Gasteiger partial charge on any atom is 0.262 e. The summed E-state index contributed by atoms with van der Waals surface area (Å²) in [5.41, 5.74) is 1.42. The lowest BCUT2D eigenvalue weighted by Gasteiger charge is -2.41. The van der Waals surface area contributed by atoms with Crippen LogP contribution in [0.2, 0.25) is 0 Å². The van der Waals surface area contributed by atoms with Crippen molar-refractivity contribution < 1.29 is 19.1 Å². The van der Waals surface area contributed by atoms with Crippen LogP contribution in [0.1, 0.15) is 79.1 Å². The molecule has 8 nitrogen and oxygen atoms in total. The molecular formula is C38H50N4O4S. The number of likely N-dealkylation sites (tertiary alicyclic amines) is 1. The third kappa shape index (κ3) is 8.42. The molecule has 6 rings (SSSR count). The van der Waals surface area contributed by atoms with Gasteiger partial charge in [-0.1, -0.05) is 62.2 Å². The molecule has 3 aliphatic rings. The van der Waals surface area contributed by atoms with Crippen LogP contribution in [0.15, 0.2) is 54.6 Å². The third-order valence-corrected chi connectivity index (χ3v) is 11.7. The van der Waals surface area contributed by atoms with Gasteiger partial charge in [0.15, 0.2) is 0 Å². The fraction of sp³-hybridized carbons (Fsp3) is 0.553. The van der Waals surface area contributed by atoms with Gasteiger partial charge in [0, 0.05) is 37.4 Å². The van der Waals surface area contributed by atoms with E-state index >= 15 is 0 Å². The van der Waals surface area contributed by atoms with E-state index in [9.17, 15) is 14.4 Å². The van der Waals surface area contributed by atoms with Crippen LogP contribution in [0.5, 0.6) is 0 Å². The van der Waals surface area contributed by atoms with E-state index in [1.807, 2.05) is 55.5 Å². The van der Waals surface area contributed by atoms with E-state index in [0.29, 0.717) is 42.0 Å². The smallest absolute Gasteiger partial charge is 0.262 e. The Morgan fingerprint density at radius 1 is 0.979 bits per heavy atom. The molecule has 0 unspecified atom stereocenters. The first kappa shape index (κ1) is 33.6. The Morgan fingerprint density at radius 2 is 1.70 bits per heavy atom. The predicted molar refractivity (Wildman–Crippen MR) is 188 cm³/mol. The molecule has 9 heteroatoms. The molecule has 1 saturated carbocycles. The number of carbonyl (C=O) groups is 3. The minimum Gasteiger partial charge on any atom is -0.381 e. The van der Waals surface area contributed by atoms with Gasteiger partial charge in [0.05, 0.1) is 4.88 Å². The van der Waals surface area contributed by atoms with E-state index in [0.717, 1.165) is 92.6 Å². The number of fused-ring (bicyclic) bond motifs is 1. The Labute approximate surface area is 283 Å². The number of rotatable bonds is 11. The molecule has 252 valence electrons. The van der Waals surface area contributed by atoms with Crippen molar-refractivity contribution in [1.82, 2.24) is 20.9 Å². The molecule has 3 amide bonds. The minimum absolute atomic E-state index is 0.168. The van der Waals surface area contributed by atoms with E-state index < -0.39 is 11.6 Å². The van der Waals surface area contributed by atoms with Crippen molar-refractivity contribution in [2.75, 3.05) is 39.4 Å². The van der Waals surface area contributed by atoms with Gasteiger partial charge in [-0.15, -0.1) is 11.3 Å². The molecule has 2 aromatic carbocycles. The third-order valence-electron chi connectivity index (χ3n) is 10.6. The van der Waals surface area contributed by atoms with E-state index in [1.54, 1.807) is 0 Å². The Bertz CT molecular complexity index is 1540. The zero-order valence-electron chi connectivity index (χ0n) is 27.9. The van der Waals surface area contributed by atoms with Crippen LogP contribution in [0, 0.1) is 18.3 Å². The van der Waals surface area contributed by atoms with E-state index in [1.165, 1.54) is 11.3 Å². The van der Waals surface area contributed by atoms with Crippen LogP contribution >= 0.6 is 11.3 Å². The predicted octanol–water partition coefficient (Wildman–Crippen LogP) is 5.62. The Hall–Kier alpha value is -3.27. The minimum atomic E-state index is -1.04. The van der Waals surface area contributed by atoms with Gasteiger partial charge in [-0.3, -0.25) is 14.4 Å². The highest BCUT2D eigenvalue weighted by molar-refractivity contribution is 7.20. The summed E-state index contributed by atoms with van der Waals surface area (Å²) in [6, 6.07) is 17.1. The van der Waals surface area contributed by atoms with Crippen LogP contribution < -0.4 is 16.0 Å². The molecule has 47 heavy (non-hydrogen) atoms. The van der Waals surface area contributed by atoms with Gasteiger partial charge in [-0.2, -0.15) is 0 Å². The number of carbonyl (C=O) groups excluding carboxylic acids is 3. The average molecular weight is 659 g/mol. The largest absolute Gasteiger partial charge is 0.381 e. The van der Waals surface area contributed by atoms with Gasteiger partial charge in [0.2, 0.25) is 11.8 Å². The van der Waals surface area contributed by atoms with Gasteiger partial charge in [-0.05, 0) is 98.5 Å². The number of amides is 3. The highest BCUT2D eigenvalue weighted by Crippen LogP contribution is 2.34. The zero-order valence-corrected chi connectivity index (χ0v) is 28.8. The number of hydrogen-bond donors (Lipinski definition) is 3. The van der Waals surface area contributed by atoms with Crippen LogP contribution in [-0.2, 0) is 20.7 Å². The Morgan fingerprint density at radius 3 is 2.43 bits per heavy atom. The standard InChI is InChI=1S/C38H50N4O4S/c1-27-10-11-30-24-33(47-32(30)22-27)35(44)41-38(14-6-7-15-38)36(45)40-31(23-28-8-4-3-5-9-28)34(43)39-25-29-12-18-42(19-13-29)26-37(2)16-20-46-21-17-37/h3-5,8-11,22,24,29,31H,6-7,12-21,23,25-26H2,1-2H3,(H,39,43)(H,40,45)(H,41,44)/t31-/m1/s1. The number of piperidine rings is 1. The molecule has 1 aromatic heterocycles. The fourth-order valence-electron chi connectivity index (χ4n) is 7.55. The Balaban J connectivity index is 1.08. The second-order valence-electron chi connectivity index (χ2n) is 14.5. The van der Waals surface area contributed by atoms with Gasteiger partial charge in [0.1, 0.15) is 11.6 Å². The molecule has 0 bridgehead atoms. The summed E-state index contributed by atoms with van der Waals surface area (Å²) in [5, 5.41) is 10.4. The van der Waals surface area contributed by atoms with Gasteiger partial charge in [0.25, 0.3) is 5.91 Å². The van der Waals surface area contributed by atoms with Crippen molar-refractivity contribution in [3.63, 3.8) is 0 Å². The maximum absolute atomic E-state index is 14.1. The second kappa shape index (κ2) is 14.9. The van der Waals surface area contributed by atoms with Crippen LogP contribution in [0.4, 0.5) is 0 Å².